The second-order valence-corrected chi connectivity index (χ2v) is 5.38. The summed E-state index contributed by atoms with van der Waals surface area (Å²) in [7, 11) is 0. The summed E-state index contributed by atoms with van der Waals surface area (Å²) < 4.78 is 14.3. The Morgan fingerprint density at radius 2 is 2.00 bits per heavy atom. The third kappa shape index (κ3) is 3.24. The van der Waals surface area contributed by atoms with E-state index in [1.54, 1.807) is 12.1 Å². The number of rotatable bonds is 3. The molecule has 0 bridgehead atoms. The third-order valence-electron chi connectivity index (χ3n) is 2.65. The summed E-state index contributed by atoms with van der Waals surface area (Å²) in [6.45, 7) is 2.49. The lowest BCUT2D eigenvalue weighted by atomic mass is 10.1. The molecule has 1 N–H and O–H groups in total. The summed E-state index contributed by atoms with van der Waals surface area (Å²) in [6, 6.07) is 10.8. The maximum atomic E-state index is 13.6. The maximum absolute atomic E-state index is 13.6. The van der Waals surface area contributed by atoms with Crippen LogP contribution in [-0.4, -0.2) is 0 Å². The number of hydrogen-bond donors (Lipinski definition) is 1. The van der Waals surface area contributed by atoms with Crippen LogP contribution in [0.2, 0.25) is 5.02 Å². The minimum atomic E-state index is -0.275. The van der Waals surface area contributed by atoms with E-state index in [2.05, 4.69) is 21.2 Å². The monoisotopic (exact) mass is 327 g/mol. The van der Waals surface area contributed by atoms with Crippen LogP contribution in [0.25, 0.3) is 0 Å². The van der Waals surface area contributed by atoms with Crippen LogP contribution in [0.15, 0.2) is 40.9 Å². The second kappa shape index (κ2) is 5.72. The van der Waals surface area contributed by atoms with Crippen molar-refractivity contribution in [3.8, 4) is 0 Å². The lowest BCUT2D eigenvalue weighted by Gasteiger charge is -2.09. The number of nitrogens with one attached hydrogen (secondary N) is 1. The molecule has 0 saturated carbocycles. The van der Waals surface area contributed by atoms with Gasteiger partial charge < -0.3 is 5.32 Å². The van der Waals surface area contributed by atoms with Crippen molar-refractivity contribution in [3.05, 3.63) is 62.8 Å². The fraction of sp³-hybridized carbons (Fsp3) is 0.143. The molecule has 94 valence electrons. The number of benzene rings is 2. The Balaban J connectivity index is 2.09. The molecule has 0 radical (unpaired) electrons. The molecule has 0 spiro atoms. The molecule has 2 rings (SSSR count). The fourth-order valence-corrected chi connectivity index (χ4v) is 2.11. The molecule has 4 heteroatoms. The van der Waals surface area contributed by atoms with Crippen molar-refractivity contribution in [1.82, 2.24) is 0 Å². The molecule has 0 unspecified atom stereocenters. The minimum Gasteiger partial charge on any atom is -0.379 e. The summed E-state index contributed by atoms with van der Waals surface area (Å²) in [6.07, 6.45) is 0. The summed E-state index contributed by atoms with van der Waals surface area (Å²) in [5.41, 5.74) is 2.54. The number of hydrogen-bond acceptors (Lipinski definition) is 1. The van der Waals surface area contributed by atoms with Gasteiger partial charge in [0.1, 0.15) is 5.82 Å². The second-order valence-electron chi connectivity index (χ2n) is 4.06. The normalized spacial score (nSPS) is 10.4. The van der Waals surface area contributed by atoms with Crippen molar-refractivity contribution in [1.29, 1.82) is 0 Å². The van der Waals surface area contributed by atoms with E-state index >= 15 is 0 Å². The van der Waals surface area contributed by atoms with Gasteiger partial charge >= 0.3 is 0 Å². The quantitative estimate of drug-likeness (QED) is 0.820. The van der Waals surface area contributed by atoms with Crippen LogP contribution in [0.4, 0.5) is 10.1 Å². The van der Waals surface area contributed by atoms with Gasteiger partial charge in [0.2, 0.25) is 0 Å². The first-order chi connectivity index (χ1) is 8.56. The van der Waals surface area contributed by atoms with Crippen LogP contribution in [0, 0.1) is 12.7 Å². The fourth-order valence-electron chi connectivity index (χ4n) is 1.58. The van der Waals surface area contributed by atoms with Crippen molar-refractivity contribution < 1.29 is 4.39 Å². The van der Waals surface area contributed by atoms with Crippen molar-refractivity contribution in [2.24, 2.45) is 0 Å². The Morgan fingerprint density at radius 3 is 2.67 bits per heavy atom. The first-order valence-corrected chi connectivity index (χ1v) is 6.67. The minimum absolute atomic E-state index is 0.275. The average Bonchev–Trinajstić information content (AvgIpc) is 2.32. The van der Waals surface area contributed by atoms with Crippen molar-refractivity contribution in [2.75, 3.05) is 5.32 Å². The molecule has 0 aliphatic carbocycles. The van der Waals surface area contributed by atoms with Gasteiger partial charge in [0, 0.05) is 16.0 Å². The number of aryl methyl sites for hydroxylation is 1. The van der Waals surface area contributed by atoms with E-state index in [0.29, 0.717) is 12.2 Å². The highest BCUT2D eigenvalue weighted by atomic mass is 79.9. The van der Waals surface area contributed by atoms with Gasteiger partial charge in [-0.1, -0.05) is 39.7 Å². The van der Waals surface area contributed by atoms with E-state index in [1.807, 2.05) is 25.1 Å². The Hall–Kier alpha value is -1.06. The van der Waals surface area contributed by atoms with Gasteiger partial charge in [-0.05, 0) is 42.3 Å². The average molecular weight is 329 g/mol. The predicted octanol–water partition coefficient (Wildman–Crippen LogP) is 5.16. The van der Waals surface area contributed by atoms with E-state index in [-0.39, 0.29) is 5.82 Å². The summed E-state index contributed by atoms with van der Waals surface area (Å²) in [5.74, 6) is -0.275. The predicted molar refractivity (Wildman–Crippen MR) is 77.6 cm³/mol. The zero-order valence-electron chi connectivity index (χ0n) is 9.81. The van der Waals surface area contributed by atoms with Crippen LogP contribution in [0.1, 0.15) is 11.1 Å². The van der Waals surface area contributed by atoms with Gasteiger partial charge in [-0.25, -0.2) is 4.39 Å². The maximum Gasteiger partial charge on any atom is 0.147 e. The van der Waals surface area contributed by atoms with Crippen molar-refractivity contribution in [2.45, 2.75) is 13.5 Å². The molecule has 0 aliphatic rings. The Kier molecular flexibility index (Phi) is 4.25. The molecule has 1 nitrogen and oxygen atoms in total. The Morgan fingerprint density at radius 1 is 1.22 bits per heavy atom. The number of halogens is 3. The van der Waals surface area contributed by atoms with Crippen molar-refractivity contribution in [3.63, 3.8) is 0 Å². The van der Waals surface area contributed by atoms with E-state index in [1.165, 1.54) is 6.07 Å². The zero-order valence-corrected chi connectivity index (χ0v) is 12.1. The molecule has 0 fully saturated rings. The van der Waals surface area contributed by atoms with Crippen LogP contribution < -0.4 is 5.32 Å². The van der Waals surface area contributed by atoms with Gasteiger partial charge in [0.25, 0.3) is 0 Å². The van der Waals surface area contributed by atoms with Crippen molar-refractivity contribution >= 4 is 33.2 Å². The van der Waals surface area contributed by atoms with Crippen LogP contribution in [0.5, 0.6) is 0 Å². The zero-order chi connectivity index (χ0) is 13.1. The SMILES string of the molecule is Cc1ccc(CNc2ccc(Br)cc2F)cc1Cl. The third-order valence-corrected chi connectivity index (χ3v) is 3.55. The highest BCUT2D eigenvalue weighted by molar-refractivity contribution is 9.10. The van der Waals surface area contributed by atoms with Crippen LogP contribution in [0.3, 0.4) is 0 Å². The first-order valence-electron chi connectivity index (χ1n) is 5.50. The molecular weight excluding hydrogens is 317 g/mol. The topological polar surface area (TPSA) is 12.0 Å². The molecule has 0 atom stereocenters. The van der Waals surface area contributed by atoms with Gasteiger partial charge in [-0.2, -0.15) is 0 Å². The van der Waals surface area contributed by atoms with Crippen LogP contribution in [-0.2, 0) is 6.54 Å². The molecule has 0 aliphatic heterocycles. The first kappa shape index (κ1) is 13.4. The lowest BCUT2D eigenvalue weighted by Crippen LogP contribution is -2.01. The standard InChI is InChI=1S/C14H12BrClFN/c1-9-2-3-10(6-12(9)16)8-18-14-5-4-11(15)7-13(14)17/h2-7,18H,8H2,1H3. The molecular formula is C14H12BrClFN. The molecule has 0 saturated heterocycles. The van der Waals surface area contributed by atoms with E-state index in [9.17, 15) is 4.39 Å². The van der Waals surface area contributed by atoms with E-state index in [0.717, 1.165) is 20.6 Å². The Labute approximate surface area is 119 Å². The summed E-state index contributed by atoms with van der Waals surface area (Å²) in [5, 5.41) is 3.78. The van der Waals surface area contributed by atoms with Crippen LogP contribution >= 0.6 is 27.5 Å². The van der Waals surface area contributed by atoms with E-state index in [4.69, 9.17) is 11.6 Å². The van der Waals surface area contributed by atoms with Gasteiger partial charge in [0.15, 0.2) is 0 Å². The highest BCUT2D eigenvalue weighted by Crippen LogP contribution is 2.21. The number of anilines is 1. The molecule has 0 amide bonds. The summed E-state index contributed by atoms with van der Waals surface area (Å²) >= 11 is 9.26. The smallest absolute Gasteiger partial charge is 0.147 e. The lowest BCUT2D eigenvalue weighted by molar-refractivity contribution is 0.629. The molecule has 2 aromatic rings. The van der Waals surface area contributed by atoms with E-state index < -0.39 is 0 Å². The Bertz CT molecular complexity index is 572. The van der Waals surface area contributed by atoms with Gasteiger partial charge in [0.05, 0.1) is 5.69 Å². The highest BCUT2D eigenvalue weighted by Gasteiger charge is 2.03. The molecule has 0 aromatic heterocycles. The van der Waals surface area contributed by atoms with Gasteiger partial charge in [-0.3, -0.25) is 0 Å². The molecule has 2 aromatic carbocycles. The summed E-state index contributed by atoms with van der Waals surface area (Å²) in [4.78, 5) is 0. The largest absolute Gasteiger partial charge is 0.379 e. The molecule has 0 heterocycles. The molecule has 18 heavy (non-hydrogen) atoms. The van der Waals surface area contributed by atoms with Gasteiger partial charge in [-0.15, -0.1) is 0 Å².